The standard InChI is InChI=1S/C18H19Br2NO2/c1-18(2,3)23-17(22)21(14-7-5-4-6-8-14)15-10-9-13(12-19)16(20)11-15/h4-11H,12H2,1-3H3. The lowest BCUT2D eigenvalue weighted by Gasteiger charge is -2.28. The second kappa shape index (κ2) is 7.49. The molecule has 2 rings (SSSR count). The van der Waals surface area contributed by atoms with E-state index < -0.39 is 11.7 Å². The van der Waals surface area contributed by atoms with Gasteiger partial charge in [0.1, 0.15) is 5.60 Å². The normalized spacial score (nSPS) is 11.2. The minimum absolute atomic E-state index is 0.401. The number of rotatable bonds is 3. The van der Waals surface area contributed by atoms with Crippen molar-refractivity contribution in [2.45, 2.75) is 31.7 Å². The average Bonchev–Trinajstić information content (AvgIpc) is 2.47. The summed E-state index contributed by atoms with van der Waals surface area (Å²) in [5, 5.41) is 0.742. The van der Waals surface area contributed by atoms with E-state index in [-0.39, 0.29) is 0 Å². The highest BCUT2D eigenvalue weighted by Crippen LogP contribution is 2.31. The van der Waals surface area contributed by atoms with Crippen LogP contribution in [0.1, 0.15) is 26.3 Å². The van der Waals surface area contributed by atoms with E-state index in [0.717, 1.165) is 26.7 Å². The molecule has 0 aliphatic rings. The largest absolute Gasteiger partial charge is 0.443 e. The molecular weight excluding hydrogens is 422 g/mol. The van der Waals surface area contributed by atoms with Crippen molar-refractivity contribution in [3.63, 3.8) is 0 Å². The van der Waals surface area contributed by atoms with Gasteiger partial charge in [-0.3, -0.25) is 0 Å². The van der Waals surface area contributed by atoms with Gasteiger partial charge in [-0.25, -0.2) is 9.69 Å². The van der Waals surface area contributed by atoms with Gasteiger partial charge >= 0.3 is 6.09 Å². The third-order valence-electron chi connectivity index (χ3n) is 3.03. The number of carbonyl (C=O) groups excluding carboxylic acids is 1. The Morgan fingerprint density at radius 2 is 1.74 bits per heavy atom. The molecule has 0 saturated carbocycles. The van der Waals surface area contributed by atoms with Gasteiger partial charge in [0.25, 0.3) is 0 Å². The third kappa shape index (κ3) is 4.82. The summed E-state index contributed by atoms with van der Waals surface area (Å²) in [6.07, 6.45) is -0.401. The van der Waals surface area contributed by atoms with Crippen LogP contribution < -0.4 is 4.90 Å². The van der Waals surface area contributed by atoms with E-state index >= 15 is 0 Å². The molecule has 0 aliphatic heterocycles. The van der Waals surface area contributed by atoms with Crippen molar-refractivity contribution in [1.29, 1.82) is 0 Å². The van der Waals surface area contributed by atoms with E-state index in [2.05, 4.69) is 31.9 Å². The molecule has 0 saturated heterocycles. The van der Waals surface area contributed by atoms with Crippen LogP contribution in [0, 0.1) is 0 Å². The van der Waals surface area contributed by atoms with Gasteiger partial charge < -0.3 is 4.74 Å². The van der Waals surface area contributed by atoms with Crippen LogP contribution >= 0.6 is 31.9 Å². The van der Waals surface area contributed by atoms with Crippen molar-refractivity contribution in [3.8, 4) is 0 Å². The molecule has 0 radical (unpaired) electrons. The molecule has 122 valence electrons. The Morgan fingerprint density at radius 3 is 2.26 bits per heavy atom. The van der Waals surface area contributed by atoms with Crippen molar-refractivity contribution < 1.29 is 9.53 Å². The monoisotopic (exact) mass is 439 g/mol. The molecule has 0 fully saturated rings. The van der Waals surface area contributed by atoms with Gasteiger partial charge in [-0.15, -0.1) is 0 Å². The maximum Gasteiger partial charge on any atom is 0.419 e. The number of para-hydroxylation sites is 1. The summed E-state index contributed by atoms with van der Waals surface area (Å²) in [6, 6.07) is 15.3. The fourth-order valence-electron chi connectivity index (χ4n) is 2.03. The number of hydrogen-bond donors (Lipinski definition) is 0. The summed E-state index contributed by atoms with van der Waals surface area (Å²) >= 11 is 7.00. The fourth-order valence-corrected chi connectivity index (χ4v) is 3.40. The molecular formula is C18H19Br2NO2. The number of carbonyl (C=O) groups is 1. The number of amides is 1. The molecule has 2 aromatic rings. The van der Waals surface area contributed by atoms with Crippen molar-refractivity contribution >= 4 is 49.3 Å². The van der Waals surface area contributed by atoms with E-state index in [1.165, 1.54) is 0 Å². The minimum atomic E-state index is -0.558. The van der Waals surface area contributed by atoms with Gasteiger partial charge in [-0.2, -0.15) is 0 Å². The lowest BCUT2D eigenvalue weighted by atomic mass is 10.2. The molecule has 2 aromatic carbocycles. The maximum atomic E-state index is 12.7. The summed E-state index contributed by atoms with van der Waals surface area (Å²) in [7, 11) is 0. The number of hydrogen-bond acceptors (Lipinski definition) is 2. The first kappa shape index (κ1) is 18.0. The first-order valence-electron chi connectivity index (χ1n) is 7.24. The number of ether oxygens (including phenoxy) is 1. The zero-order valence-corrected chi connectivity index (χ0v) is 16.5. The van der Waals surface area contributed by atoms with Gasteiger partial charge in [0.05, 0.1) is 11.4 Å². The zero-order valence-electron chi connectivity index (χ0n) is 13.3. The summed E-state index contributed by atoms with van der Waals surface area (Å²) < 4.78 is 6.51. The Morgan fingerprint density at radius 1 is 1.09 bits per heavy atom. The number of anilines is 2. The van der Waals surface area contributed by atoms with Gasteiger partial charge in [0, 0.05) is 9.80 Å². The van der Waals surface area contributed by atoms with Crippen LogP contribution in [0.2, 0.25) is 0 Å². The van der Waals surface area contributed by atoms with Crippen LogP contribution in [-0.2, 0) is 10.1 Å². The summed E-state index contributed by atoms with van der Waals surface area (Å²) in [4.78, 5) is 14.3. The van der Waals surface area contributed by atoms with Gasteiger partial charge in [-0.05, 0) is 50.6 Å². The Bertz CT molecular complexity index is 681. The summed E-state index contributed by atoms with van der Waals surface area (Å²) in [5.74, 6) is 0. The van der Waals surface area contributed by atoms with Gasteiger partial charge in [0.2, 0.25) is 0 Å². The summed E-state index contributed by atoms with van der Waals surface area (Å²) in [6.45, 7) is 5.58. The van der Waals surface area contributed by atoms with Crippen molar-refractivity contribution in [1.82, 2.24) is 0 Å². The molecule has 0 spiro atoms. The van der Waals surface area contributed by atoms with Crippen LogP contribution in [-0.4, -0.2) is 11.7 Å². The first-order valence-corrected chi connectivity index (χ1v) is 9.16. The SMILES string of the molecule is CC(C)(C)OC(=O)N(c1ccccc1)c1ccc(CBr)c(Br)c1. The van der Waals surface area contributed by atoms with Crippen molar-refractivity contribution in [2.24, 2.45) is 0 Å². The van der Waals surface area contributed by atoms with E-state index in [1.807, 2.05) is 69.3 Å². The minimum Gasteiger partial charge on any atom is -0.443 e. The number of halogens is 2. The Kier molecular flexibility index (Phi) is 5.87. The quantitative estimate of drug-likeness (QED) is 0.515. The molecule has 1 amide bonds. The van der Waals surface area contributed by atoms with Crippen LogP contribution in [0.25, 0.3) is 0 Å². The predicted molar refractivity (Wildman–Crippen MR) is 102 cm³/mol. The number of benzene rings is 2. The molecule has 0 aliphatic carbocycles. The van der Waals surface area contributed by atoms with Crippen LogP contribution in [0.3, 0.4) is 0 Å². The van der Waals surface area contributed by atoms with Crippen LogP contribution in [0.5, 0.6) is 0 Å². The lowest BCUT2D eigenvalue weighted by Crippen LogP contribution is -2.33. The highest BCUT2D eigenvalue weighted by Gasteiger charge is 2.25. The van der Waals surface area contributed by atoms with Crippen LogP contribution in [0.15, 0.2) is 53.0 Å². The number of nitrogens with zero attached hydrogens (tertiary/aromatic N) is 1. The number of alkyl halides is 1. The van der Waals surface area contributed by atoms with Crippen molar-refractivity contribution in [2.75, 3.05) is 4.90 Å². The topological polar surface area (TPSA) is 29.5 Å². The molecule has 0 N–H and O–H groups in total. The average molecular weight is 441 g/mol. The Labute approximate surface area is 153 Å². The fraction of sp³-hybridized carbons (Fsp3) is 0.278. The molecule has 3 nitrogen and oxygen atoms in total. The van der Waals surface area contributed by atoms with Crippen LogP contribution in [0.4, 0.5) is 16.2 Å². The summed E-state index contributed by atoms with van der Waals surface area (Å²) in [5.41, 5.74) is 2.07. The van der Waals surface area contributed by atoms with Gasteiger partial charge in [0.15, 0.2) is 0 Å². The third-order valence-corrected chi connectivity index (χ3v) is 4.37. The van der Waals surface area contributed by atoms with E-state index in [4.69, 9.17) is 4.74 Å². The highest BCUT2D eigenvalue weighted by molar-refractivity contribution is 9.10. The molecule has 23 heavy (non-hydrogen) atoms. The molecule has 0 heterocycles. The Balaban J connectivity index is 2.46. The second-order valence-corrected chi connectivity index (χ2v) is 7.48. The Hall–Kier alpha value is -1.33. The van der Waals surface area contributed by atoms with Crippen molar-refractivity contribution in [3.05, 3.63) is 58.6 Å². The van der Waals surface area contributed by atoms with E-state index in [1.54, 1.807) is 4.90 Å². The molecule has 5 heteroatoms. The predicted octanol–water partition coefficient (Wildman–Crippen LogP) is 6.42. The molecule has 0 aromatic heterocycles. The molecule has 0 bridgehead atoms. The van der Waals surface area contributed by atoms with E-state index in [0.29, 0.717) is 0 Å². The smallest absolute Gasteiger partial charge is 0.419 e. The molecule has 0 unspecified atom stereocenters. The van der Waals surface area contributed by atoms with Gasteiger partial charge in [-0.1, -0.05) is 56.1 Å². The molecule has 0 atom stereocenters. The highest BCUT2D eigenvalue weighted by atomic mass is 79.9. The maximum absolute atomic E-state index is 12.7. The zero-order chi connectivity index (χ0) is 17.0. The van der Waals surface area contributed by atoms with E-state index in [9.17, 15) is 4.79 Å². The first-order chi connectivity index (χ1) is 10.8. The second-order valence-electron chi connectivity index (χ2n) is 6.06. The lowest BCUT2D eigenvalue weighted by molar-refractivity contribution is 0.0599.